The van der Waals surface area contributed by atoms with Crippen molar-refractivity contribution in [2.45, 2.75) is 37.5 Å². The number of rotatable bonds is 6. The van der Waals surface area contributed by atoms with E-state index in [0.29, 0.717) is 21.4 Å². The molecule has 1 unspecified atom stereocenters. The van der Waals surface area contributed by atoms with E-state index < -0.39 is 9.52 Å². The van der Waals surface area contributed by atoms with Crippen LogP contribution in [0.4, 0.5) is 5.69 Å². The number of benzene rings is 2. The quantitative estimate of drug-likeness (QED) is 0.424. The first-order valence-corrected chi connectivity index (χ1v) is 13.7. The monoisotopic (exact) mass is 479 g/mol. The molecule has 0 spiro atoms. The summed E-state index contributed by atoms with van der Waals surface area (Å²) in [5.74, 6) is 4.41. The first-order valence-electron chi connectivity index (χ1n) is 10.8. The topological polar surface area (TPSA) is 55.4 Å². The van der Waals surface area contributed by atoms with Crippen LogP contribution in [0.1, 0.15) is 46.6 Å². The van der Waals surface area contributed by atoms with Gasteiger partial charge in [-0.25, -0.2) is 0 Å². The highest BCUT2D eigenvalue weighted by molar-refractivity contribution is 8.01. The maximum Gasteiger partial charge on any atom is 0.266 e. The molecule has 172 valence electrons. The molecule has 4 nitrogen and oxygen atoms in total. The van der Waals surface area contributed by atoms with Gasteiger partial charge in [0.25, 0.3) is 5.91 Å². The van der Waals surface area contributed by atoms with Crippen molar-refractivity contribution in [3.8, 4) is 5.75 Å². The zero-order valence-electron chi connectivity index (χ0n) is 19.3. The SMILES string of the molecule is C=C1CC(C)(C)Cc2c(C(=O)Nc3ccc(OCc4ccccc4)cc3)sc(S(=C)(C)=O)c21. The highest BCUT2D eigenvalue weighted by Gasteiger charge is 2.35. The molecule has 1 atom stereocenters. The second-order valence-electron chi connectivity index (χ2n) is 9.45. The maximum absolute atomic E-state index is 13.3. The summed E-state index contributed by atoms with van der Waals surface area (Å²) in [5.41, 5.74) is 4.52. The van der Waals surface area contributed by atoms with E-state index >= 15 is 0 Å². The van der Waals surface area contributed by atoms with Crippen molar-refractivity contribution in [3.05, 3.63) is 82.7 Å². The second-order valence-corrected chi connectivity index (χ2v) is 13.1. The summed E-state index contributed by atoms with van der Waals surface area (Å²) in [6.45, 7) is 9.06. The van der Waals surface area contributed by atoms with Gasteiger partial charge < -0.3 is 10.1 Å². The van der Waals surface area contributed by atoms with Gasteiger partial charge in [0.1, 0.15) is 12.4 Å². The molecular weight excluding hydrogens is 450 g/mol. The highest BCUT2D eigenvalue weighted by Crippen LogP contribution is 2.48. The molecule has 4 rings (SSSR count). The fraction of sp³-hybridized carbons (Fsp3) is 0.259. The van der Waals surface area contributed by atoms with Gasteiger partial charge in [-0.15, -0.1) is 11.3 Å². The van der Waals surface area contributed by atoms with Crippen molar-refractivity contribution in [1.82, 2.24) is 0 Å². The normalized spacial score (nSPS) is 16.5. The predicted octanol–water partition coefficient (Wildman–Crippen LogP) is 6.27. The lowest BCUT2D eigenvalue weighted by molar-refractivity contribution is 0.102. The average Bonchev–Trinajstić information content (AvgIpc) is 3.13. The minimum atomic E-state index is -2.47. The Labute approximate surface area is 200 Å². The number of hydrogen-bond donors (Lipinski definition) is 1. The summed E-state index contributed by atoms with van der Waals surface area (Å²) in [4.78, 5) is 13.9. The number of allylic oxidation sites excluding steroid dienone is 1. The van der Waals surface area contributed by atoms with E-state index in [9.17, 15) is 9.00 Å². The molecule has 33 heavy (non-hydrogen) atoms. The van der Waals surface area contributed by atoms with Crippen LogP contribution < -0.4 is 10.1 Å². The number of anilines is 1. The molecule has 0 saturated carbocycles. The van der Waals surface area contributed by atoms with Gasteiger partial charge in [-0.05, 0) is 65.1 Å². The van der Waals surface area contributed by atoms with Crippen LogP contribution in [0.5, 0.6) is 5.75 Å². The van der Waals surface area contributed by atoms with Crippen LogP contribution in [0.25, 0.3) is 5.57 Å². The molecular formula is C27H29NO3S2. The molecule has 0 aliphatic heterocycles. The first kappa shape index (κ1) is 23.3. The van der Waals surface area contributed by atoms with Crippen molar-refractivity contribution in [1.29, 1.82) is 0 Å². The van der Waals surface area contributed by atoms with Crippen LogP contribution in [0, 0.1) is 5.41 Å². The summed E-state index contributed by atoms with van der Waals surface area (Å²) in [6, 6.07) is 17.3. The highest BCUT2D eigenvalue weighted by atomic mass is 32.2. The van der Waals surface area contributed by atoms with Gasteiger partial charge in [0.15, 0.2) is 0 Å². The number of fused-ring (bicyclic) bond motifs is 1. The zero-order valence-corrected chi connectivity index (χ0v) is 20.9. The Kier molecular flexibility index (Phi) is 6.25. The number of hydrogen-bond acceptors (Lipinski definition) is 4. The van der Waals surface area contributed by atoms with E-state index in [2.05, 4.69) is 31.6 Å². The van der Waals surface area contributed by atoms with Crippen molar-refractivity contribution >= 4 is 43.9 Å². The van der Waals surface area contributed by atoms with Crippen molar-refractivity contribution in [3.63, 3.8) is 0 Å². The van der Waals surface area contributed by atoms with Gasteiger partial charge in [-0.3, -0.25) is 9.00 Å². The standard InChI is InChI=1S/C27H29NO3S2/c1-18-15-27(2,3)16-22-23(18)26(33(4,5)30)32-24(22)25(29)28-20-11-13-21(14-12-20)31-17-19-9-7-6-8-10-19/h6-14H,1,4,15-17H2,2-3,5H3,(H,28,29). The van der Waals surface area contributed by atoms with Crippen LogP contribution in [0.2, 0.25) is 0 Å². The smallest absolute Gasteiger partial charge is 0.266 e. The molecule has 1 aliphatic rings. The van der Waals surface area contributed by atoms with Crippen LogP contribution in [0.3, 0.4) is 0 Å². The minimum Gasteiger partial charge on any atom is -0.489 e. The number of carbonyl (C=O) groups is 1. The molecule has 2 aromatic carbocycles. The number of amides is 1. The summed E-state index contributed by atoms with van der Waals surface area (Å²) in [5, 5.41) is 2.99. The van der Waals surface area contributed by atoms with Gasteiger partial charge in [-0.1, -0.05) is 50.8 Å². The molecule has 1 heterocycles. The van der Waals surface area contributed by atoms with E-state index in [1.807, 2.05) is 54.6 Å². The summed E-state index contributed by atoms with van der Waals surface area (Å²) < 4.78 is 19.4. The molecule has 6 heteroatoms. The third-order valence-corrected chi connectivity index (χ3v) is 8.96. The third kappa shape index (κ3) is 5.23. The first-order chi connectivity index (χ1) is 15.5. The third-order valence-electron chi connectivity index (χ3n) is 5.63. The lowest BCUT2D eigenvalue weighted by Crippen LogP contribution is -2.23. The molecule has 0 bridgehead atoms. The predicted molar refractivity (Wildman–Crippen MR) is 140 cm³/mol. The Morgan fingerprint density at radius 3 is 2.42 bits per heavy atom. The van der Waals surface area contributed by atoms with Gasteiger partial charge in [0.2, 0.25) is 0 Å². The lowest BCUT2D eigenvalue weighted by Gasteiger charge is -2.32. The van der Waals surface area contributed by atoms with Crippen molar-refractivity contribution in [2.75, 3.05) is 11.6 Å². The number of carbonyl (C=O) groups excluding carboxylic acids is 1. The minimum absolute atomic E-state index is 0.00894. The Bertz CT molecular complexity index is 1300. The van der Waals surface area contributed by atoms with E-state index in [0.717, 1.165) is 40.9 Å². The molecule has 0 saturated heterocycles. The van der Waals surface area contributed by atoms with Gasteiger partial charge >= 0.3 is 0 Å². The summed E-state index contributed by atoms with van der Waals surface area (Å²) in [7, 11) is -2.47. The fourth-order valence-corrected chi connectivity index (χ4v) is 6.88. The van der Waals surface area contributed by atoms with E-state index in [4.69, 9.17) is 4.74 Å². The van der Waals surface area contributed by atoms with E-state index in [-0.39, 0.29) is 11.3 Å². The van der Waals surface area contributed by atoms with Gasteiger partial charge in [0.05, 0.1) is 9.09 Å². The zero-order chi connectivity index (χ0) is 23.8. The molecule has 1 aliphatic carbocycles. The lowest BCUT2D eigenvalue weighted by atomic mass is 9.73. The Balaban J connectivity index is 1.55. The second kappa shape index (κ2) is 8.84. The summed E-state index contributed by atoms with van der Waals surface area (Å²) >= 11 is 1.29. The Morgan fingerprint density at radius 2 is 1.79 bits per heavy atom. The van der Waals surface area contributed by atoms with Crippen molar-refractivity contribution in [2.24, 2.45) is 5.41 Å². The maximum atomic E-state index is 13.3. The molecule has 1 N–H and O–H groups in total. The average molecular weight is 480 g/mol. The van der Waals surface area contributed by atoms with Crippen LogP contribution in [0.15, 0.2) is 65.4 Å². The van der Waals surface area contributed by atoms with E-state index in [1.165, 1.54) is 11.3 Å². The fourth-order valence-electron chi connectivity index (χ4n) is 4.23. The molecule has 1 amide bonds. The number of thiophene rings is 1. The van der Waals surface area contributed by atoms with Crippen molar-refractivity contribution < 1.29 is 13.7 Å². The molecule has 0 fully saturated rings. The summed E-state index contributed by atoms with van der Waals surface area (Å²) in [6.07, 6.45) is 3.18. The van der Waals surface area contributed by atoms with Crippen LogP contribution >= 0.6 is 11.3 Å². The van der Waals surface area contributed by atoms with Crippen LogP contribution in [-0.2, 0) is 22.5 Å². The molecule has 3 aromatic rings. The Morgan fingerprint density at radius 1 is 1.12 bits per heavy atom. The Hall–Kier alpha value is -2.83. The van der Waals surface area contributed by atoms with E-state index in [1.54, 1.807) is 6.26 Å². The molecule has 0 radical (unpaired) electrons. The van der Waals surface area contributed by atoms with Crippen LogP contribution in [-0.4, -0.2) is 22.2 Å². The molecule has 1 aromatic heterocycles. The van der Waals surface area contributed by atoms with Gasteiger partial charge in [0, 0.05) is 27.0 Å². The largest absolute Gasteiger partial charge is 0.489 e. The number of ether oxygens (including phenoxy) is 1. The van der Waals surface area contributed by atoms with Gasteiger partial charge in [-0.2, -0.15) is 0 Å². The number of nitrogens with one attached hydrogen (secondary N) is 1.